The monoisotopic (exact) mass is 431 g/mol. The van der Waals surface area contributed by atoms with E-state index in [-0.39, 0.29) is 35.7 Å². The highest BCUT2D eigenvalue weighted by Crippen LogP contribution is 2.38. The van der Waals surface area contributed by atoms with Crippen LogP contribution in [0.3, 0.4) is 0 Å². The number of ether oxygens (including phenoxy) is 2. The predicted molar refractivity (Wildman–Crippen MR) is 101 cm³/mol. The highest BCUT2D eigenvalue weighted by atomic mass is 32.1. The van der Waals surface area contributed by atoms with Crippen LogP contribution in [-0.4, -0.2) is 18.3 Å². The lowest BCUT2D eigenvalue weighted by Gasteiger charge is -2.18. The van der Waals surface area contributed by atoms with Crippen LogP contribution in [0.15, 0.2) is 30.3 Å². The van der Waals surface area contributed by atoms with E-state index in [4.69, 9.17) is 9.47 Å². The summed E-state index contributed by atoms with van der Waals surface area (Å²) in [5, 5.41) is 0.0960. The van der Waals surface area contributed by atoms with Crippen molar-refractivity contribution in [1.82, 2.24) is 4.98 Å². The molecule has 1 unspecified atom stereocenters. The molecule has 2 aromatic carbocycles. The van der Waals surface area contributed by atoms with Crippen molar-refractivity contribution in [3.63, 3.8) is 0 Å². The summed E-state index contributed by atoms with van der Waals surface area (Å²) in [4.78, 5) is 4.02. The quantitative estimate of drug-likeness (QED) is 0.382. The summed E-state index contributed by atoms with van der Waals surface area (Å²) >= 11 is 0.970. The summed E-state index contributed by atoms with van der Waals surface area (Å²) in [7, 11) is 1.41. The Kier molecular flexibility index (Phi) is 6.26. The number of aromatic nitrogens is 1. The number of thiazole rings is 1. The van der Waals surface area contributed by atoms with E-state index in [1.165, 1.54) is 14.0 Å². The SMILES string of the molecule is CCC(CCc1ccc(Oc2nc3c(F)cc(F)cc3s2)c(OC)c1)C(F)(F)F. The molecule has 9 heteroatoms. The molecule has 0 bridgehead atoms. The van der Waals surface area contributed by atoms with E-state index in [9.17, 15) is 22.0 Å². The second-order valence-corrected chi connectivity index (χ2v) is 7.48. The molecular formula is C20H18F5NO2S. The maximum Gasteiger partial charge on any atom is 0.391 e. The smallest absolute Gasteiger partial charge is 0.391 e. The maximum atomic E-state index is 13.8. The molecule has 3 aromatic rings. The number of halogens is 5. The van der Waals surface area contributed by atoms with Crippen molar-refractivity contribution < 1.29 is 31.4 Å². The van der Waals surface area contributed by atoms with Crippen LogP contribution in [-0.2, 0) is 6.42 Å². The number of nitrogens with zero attached hydrogens (tertiary/aromatic N) is 1. The zero-order valence-corrected chi connectivity index (χ0v) is 16.5. The fraction of sp³-hybridized carbons (Fsp3) is 0.350. The van der Waals surface area contributed by atoms with E-state index in [0.717, 1.165) is 23.5 Å². The van der Waals surface area contributed by atoms with E-state index in [0.29, 0.717) is 16.0 Å². The second-order valence-electron chi connectivity index (χ2n) is 6.49. The first kappa shape index (κ1) is 21.3. The van der Waals surface area contributed by atoms with Crippen LogP contribution in [0.2, 0.25) is 0 Å². The van der Waals surface area contributed by atoms with Crippen LogP contribution in [0.4, 0.5) is 22.0 Å². The Labute approximate surface area is 168 Å². The molecular weight excluding hydrogens is 413 g/mol. The van der Waals surface area contributed by atoms with Gasteiger partial charge in [0.1, 0.15) is 11.3 Å². The van der Waals surface area contributed by atoms with Gasteiger partial charge in [0.25, 0.3) is 5.19 Å². The molecule has 0 aliphatic carbocycles. The van der Waals surface area contributed by atoms with Crippen LogP contribution in [0.25, 0.3) is 10.2 Å². The van der Waals surface area contributed by atoms with Crippen molar-refractivity contribution in [3.8, 4) is 16.7 Å². The van der Waals surface area contributed by atoms with Gasteiger partial charge in [-0.15, -0.1) is 0 Å². The maximum absolute atomic E-state index is 13.8. The Hall–Kier alpha value is -2.42. The van der Waals surface area contributed by atoms with Gasteiger partial charge in [0, 0.05) is 6.07 Å². The summed E-state index contributed by atoms with van der Waals surface area (Å²) in [6.07, 6.45) is -3.98. The number of hydrogen-bond donors (Lipinski definition) is 0. The molecule has 0 amide bonds. The van der Waals surface area contributed by atoms with E-state index in [2.05, 4.69) is 4.98 Å². The largest absolute Gasteiger partial charge is 0.493 e. The zero-order valence-electron chi connectivity index (χ0n) is 15.6. The first-order valence-corrected chi connectivity index (χ1v) is 9.70. The minimum atomic E-state index is -4.22. The molecule has 3 nitrogen and oxygen atoms in total. The highest BCUT2D eigenvalue weighted by Gasteiger charge is 2.37. The summed E-state index contributed by atoms with van der Waals surface area (Å²) in [5.74, 6) is -2.27. The average Bonchev–Trinajstić information content (AvgIpc) is 3.04. The number of alkyl halides is 3. The highest BCUT2D eigenvalue weighted by molar-refractivity contribution is 7.20. The van der Waals surface area contributed by atoms with Crippen LogP contribution >= 0.6 is 11.3 Å². The van der Waals surface area contributed by atoms with Gasteiger partial charge in [-0.1, -0.05) is 24.3 Å². The van der Waals surface area contributed by atoms with Gasteiger partial charge >= 0.3 is 6.18 Å². The van der Waals surface area contributed by atoms with Crippen molar-refractivity contribution >= 4 is 21.6 Å². The minimum absolute atomic E-state index is 0.000236. The lowest BCUT2D eigenvalue weighted by molar-refractivity contribution is -0.176. The van der Waals surface area contributed by atoms with Gasteiger partial charge in [0.05, 0.1) is 17.7 Å². The number of fused-ring (bicyclic) bond motifs is 1. The Bertz CT molecular complexity index is 1000. The van der Waals surface area contributed by atoms with Crippen molar-refractivity contribution in [2.45, 2.75) is 32.4 Å². The van der Waals surface area contributed by atoms with Crippen LogP contribution < -0.4 is 9.47 Å². The van der Waals surface area contributed by atoms with Gasteiger partial charge in [-0.2, -0.15) is 18.2 Å². The fourth-order valence-corrected chi connectivity index (χ4v) is 3.83. The zero-order chi connectivity index (χ0) is 21.2. The van der Waals surface area contributed by atoms with Crippen molar-refractivity contribution in [2.75, 3.05) is 7.11 Å². The van der Waals surface area contributed by atoms with Crippen LogP contribution in [0.1, 0.15) is 25.3 Å². The van der Waals surface area contributed by atoms with E-state index < -0.39 is 23.7 Å². The van der Waals surface area contributed by atoms with Crippen molar-refractivity contribution in [3.05, 3.63) is 47.5 Å². The van der Waals surface area contributed by atoms with Gasteiger partial charge < -0.3 is 9.47 Å². The standard InChI is InChI=1S/C20H18F5NO2S/c1-3-12(20(23,24)25)6-4-11-5-7-15(16(8-11)27-2)28-19-26-18-14(22)9-13(21)10-17(18)29-19/h5,7-10,12H,3-4,6H2,1-2H3. The molecule has 0 radical (unpaired) electrons. The molecule has 0 aliphatic heterocycles. The molecule has 3 rings (SSSR count). The Balaban J connectivity index is 1.78. The lowest BCUT2D eigenvalue weighted by Crippen LogP contribution is -2.22. The van der Waals surface area contributed by atoms with Crippen LogP contribution in [0, 0.1) is 17.6 Å². The molecule has 0 spiro atoms. The molecule has 0 saturated heterocycles. The van der Waals surface area contributed by atoms with Gasteiger partial charge in [0.2, 0.25) is 0 Å². The number of hydrogen-bond acceptors (Lipinski definition) is 4. The Morgan fingerprint density at radius 2 is 1.86 bits per heavy atom. The number of rotatable bonds is 7. The normalized spacial score (nSPS) is 12.9. The molecule has 0 N–H and O–H groups in total. The van der Waals surface area contributed by atoms with Crippen molar-refractivity contribution in [1.29, 1.82) is 0 Å². The third-order valence-corrected chi connectivity index (χ3v) is 5.44. The minimum Gasteiger partial charge on any atom is -0.493 e. The second kappa shape index (κ2) is 8.52. The molecule has 0 aliphatic rings. The van der Waals surface area contributed by atoms with Gasteiger partial charge in [-0.05, 0) is 43.0 Å². The first-order valence-electron chi connectivity index (χ1n) is 8.88. The molecule has 29 heavy (non-hydrogen) atoms. The number of benzene rings is 2. The predicted octanol–water partition coefficient (Wildman–Crippen LogP) is 6.90. The topological polar surface area (TPSA) is 31.4 Å². The average molecular weight is 431 g/mol. The summed E-state index contributed by atoms with van der Waals surface area (Å²) < 4.78 is 77.1. The van der Waals surface area contributed by atoms with E-state index in [1.54, 1.807) is 18.2 Å². The van der Waals surface area contributed by atoms with Gasteiger partial charge in [-0.3, -0.25) is 0 Å². The molecule has 156 valence electrons. The molecule has 1 atom stereocenters. The lowest BCUT2D eigenvalue weighted by atomic mass is 9.96. The van der Waals surface area contributed by atoms with Gasteiger partial charge in [-0.25, -0.2) is 8.78 Å². The van der Waals surface area contributed by atoms with Crippen LogP contribution in [0.5, 0.6) is 16.7 Å². The molecule has 0 saturated carbocycles. The number of aryl methyl sites for hydroxylation is 1. The molecule has 0 fully saturated rings. The van der Waals surface area contributed by atoms with Crippen molar-refractivity contribution in [2.24, 2.45) is 5.92 Å². The summed E-state index contributed by atoms with van der Waals surface area (Å²) in [6, 6.07) is 6.71. The first-order chi connectivity index (χ1) is 13.7. The Morgan fingerprint density at radius 3 is 2.52 bits per heavy atom. The number of methoxy groups -OCH3 is 1. The Morgan fingerprint density at radius 1 is 1.10 bits per heavy atom. The fourth-order valence-electron chi connectivity index (χ4n) is 2.97. The molecule has 1 heterocycles. The summed E-state index contributed by atoms with van der Waals surface area (Å²) in [6.45, 7) is 1.52. The molecule has 1 aromatic heterocycles. The van der Waals surface area contributed by atoms with E-state index >= 15 is 0 Å². The van der Waals surface area contributed by atoms with E-state index in [1.807, 2.05) is 0 Å². The third-order valence-electron chi connectivity index (χ3n) is 4.56. The third kappa shape index (κ3) is 4.95. The van der Waals surface area contributed by atoms with Gasteiger partial charge in [0.15, 0.2) is 17.3 Å². The summed E-state index contributed by atoms with van der Waals surface area (Å²) in [5.41, 5.74) is 0.675.